The largest absolute Gasteiger partial charge is 0.294 e. The van der Waals surface area contributed by atoms with E-state index in [1.807, 2.05) is 6.92 Å². The number of fused-ring (bicyclic) bond motifs is 1. The van der Waals surface area contributed by atoms with Gasteiger partial charge >= 0.3 is 0 Å². The molecule has 0 fully saturated rings. The van der Waals surface area contributed by atoms with Gasteiger partial charge in [-0.25, -0.2) is 4.98 Å². The Balaban J connectivity index is 2.66. The normalized spacial score (nSPS) is 12.1. The van der Waals surface area contributed by atoms with Gasteiger partial charge in [0.25, 0.3) is 10.1 Å². The molecule has 0 saturated heterocycles. The van der Waals surface area contributed by atoms with Crippen molar-refractivity contribution in [1.29, 1.82) is 0 Å². The van der Waals surface area contributed by atoms with Crippen molar-refractivity contribution in [2.24, 2.45) is 0 Å². The van der Waals surface area contributed by atoms with Gasteiger partial charge in [-0.3, -0.25) is 4.55 Å². The van der Waals surface area contributed by atoms with Crippen LogP contribution in [0.1, 0.15) is 11.9 Å². The van der Waals surface area contributed by atoms with Crippen LogP contribution in [-0.2, 0) is 16.5 Å². The van der Waals surface area contributed by atoms with E-state index >= 15 is 0 Å². The van der Waals surface area contributed by atoms with E-state index in [-0.39, 0.29) is 4.90 Å². The van der Waals surface area contributed by atoms with Crippen molar-refractivity contribution in [2.45, 2.75) is 18.2 Å². The van der Waals surface area contributed by atoms with Gasteiger partial charge in [-0.05, 0) is 24.6 Å². The van der Waals surface area contributed by atoms with Crippen molar-refractivity contribution in [3.63, 3.8) is 0 Å². The number of benzene rings is 1. The van der Waals surface area contributed by atoms with Gasteiger partial charge in [0, 0.05) is 0 Å². The van der Waals surface area contributed by atoms with Crippen molar-refractivity contribution in [3.05, 3.63) is 23.2 Å². The lowest BCUT2D eigenvalue weighted by molar-refractivity contribution is 0.483. The van der Waals surface area contributed by atoms with Crippen LogP contribution in [0.15, 0.2) is 23.1 Å². The molecule has 0 bridgehead atoms. The second-order valence-corrected chi connectivity index (χ2v) is 5.60. The average molecular weight is 243 g/mol. The zero-order chi connectivity index (χ0) is 11.1. The van der Waals surface area contributed by atoms with Crippen LogP contribution in [0.3, 0.4) is 0 Å². The molecule has 0 aliphatic heterocycles. The molecule has 0 aliphatic rings. The van der Waals surface area contributed by atoms with Gasteiger partial charge in [-0.1, -0.05) is 6.92 Å². The van der Waals surface area contributed by atoms with Crippen LogP contribution in [0.4, 0.5) is 0 Å². The number of rotatable bonds is 2. The summed E-state index contributed by atoms with van der Waals surface area (Å²) in [6, 6.07) is 4.44. The molecule has 0 aliphatic carbocycles. The van der Waals surface area contributed by atoms with Gasteiger partial charge in [-0.2, -0.15) is 8.42 Å². The summed E-state index contributed by atoms with van der Waals surface area (Å²) in [6.07, 6.45) is 0.820. The van der Waals surface area contributed by atoms with Crippen molar-refractivity contribution >= 4 is 31.7 Å². The van der Waals surface area contributed by atoms with Crippen LogP contribution >= 0.6 is 11.3 Å². The van der Waals surface area contributed by atoms with Gasteiger partial charge < -0.3 is 0 Å². The Labute approximate surface area is 91.3 Å². The molecule has 0 saturated carbocycles. The smallest absolute Gasteiger partial charge is 0.282 e. The fourth-order valence-corrected chi connectivity index (χ4v) is 2.65. The Hall–Kier alpha value is -0.980. The van der Waals surface area contributed by atoms with Crippen LogP contribution < -0.4 is 0 Å². The lowest BCUT2D eigenvalue weighted by Gasteiger charge is -1.94. The highest BCUT2D eigenvalue weighted by atomic mass is 32.2. The maximum atomic E-state index is 10.9. The molecule has 0 radical (unpaired) electrons. The Bertz CT molecular complexity index is 601. The number of aromatic nitrogens is 1. The molecule has 1 N–H and O–H groups in total. The van der Waals surface area contributed by atoms with Crippen LogP contribution in [0.5, 0.6) is 0 Å². The summed E-state index contributed by atoms with van der Waals surface area (Å²) in [7, 11) is -4.13. The number of nitrogens with zero attached hydrogens (tertiary/aromatic N) is 1. The minimum absolute atomic E-state index is 0.108. The number of aryl methyl sites for hydroxylation is 1. The van der Waals surface area contributed by atoms with E-state index in [4.69, 9.17) is 4.55 Å². The standard InChI is InChI=1S/C9H9NO3S2/c1-2-9-10-7-5-6(15(11,12)13)3-4-8(7)14-9/h3-5H,2H2,1H3,(H,11,12,13). The summed E-state index contributed by atoms with van der Waals surface area (Å²) in [6.45, 7) is 1.99. The number of thiazole rings is 1. The quantitative estimate of drug-likeness (QED) is 0.820. The predicted octanol–water partition coefficient (Wildman–Crippen LogP) is 2.11. The number of hydrogen-bond acceptors (Lipinski definition) is 4. The highest BCUT2D eigenvalue weighted by Crippen LogP contribution is 2.24. The van der Waals surface area contributed by atoms with Gasteiger partial charge in [0.1, 0.15) is 0 Å². The summed E-state index contributed by atoms with van der Waals surface area (Å²) in [5.41, 5.74) is 0.618. The van der Waals surface area contributed by atoms with E-state index in [9.17, 15) is 8.42 Å². The first-order valence-corrected chi connectivity index (χ1v) is 6.63. The first kappa shape index (κ1) is 10.5. The molecule has 1 aromatic carbocycles. The Kier molecular flexibility index (Phi) is 2.49. The molecule has 2 aromatic rings. The molecular formula is C9H9NO3S2. The summed E-state index contributed by atoms with van der Waals surface area (Å²) in [5.74, 6) is 0. The summed E-state index contributed by atoms with van der Waals surface area (Å²) in [5, 5.41) is 0.956. The van der Waals surface area contributed by atoms with Crippen molar-refractivity contribution < 1.29 is 13.0 Å². The van der Waals surface area contributed by atoms with E-state index in [2.05, 4.69) is 4.98 Å². The molecule has 0 atom stereocenters. The van der Waals surface area contributed by atoms with Crippen LogP contribution in [0.25, 0.3) is 10.2 Å². The lowest BCUT2D eigenvalue weighted by atomic mass is 10.3. The third kappa shape index (κ3) is 2.01. The molecule has 0 unspecified atom stereocenters. The fraction of sp³-hybridized carbons (Fsp3) is 0.222. The van der Waals surface area contributed by atoms with E-state index < -0.39 is 10.1 Å². The van der Waals surface area contributed by atoms with E-state index in [0.29, 0.717) is 5.52 Å². The van der Waals surface area contributed by atoms with Gasteiger partial charge in [0.05, 0.1) is 20.1 Å². The fourth-order valence-electron chi connectivity index (χ4n) is 1.27. The van der Waals surface area contributed by atoms with E-state index in [1.54, 1.807) is 6.07 Å². The molecule has 15 heavy (non-hydrogen) atoms. The first-order chi connectivity index (χ1) is 7.00. The molecule has 1 aromatic heterocycles. The number of hydrogen-bond donors (Lipinski definition) is 1. The molecule has 80 valence electrons. The first-order valence-electron chi connectivity index (χ1n) is 4.37. The summed E-state index contributed by atoms with van der Waals surface area (Å²) < 4.78 is 31.6. The van der Waals surface area contributed by atoms with Gasteiger partial charge in [0.15, 0.2) is 0 Å². The molecule has 0 amide bonds. The van der Waals surface area contributed by atoms with Gasteiger partial charge in [-0.15, -0.1) is 11.3 Å². The molecule has 2 rings (SSSR count). The maximum absolute atomic E-state index is 10.9. The predicted molar refractivity (Wildman–Crippen MR) is 58.8 cm³/mol. The highest BCUT2D eigenvalue weighted by Gasteiger charge is 2.11. The molecule has 4 nitrogen and oxygen atoms in total. The Morgan fingerprint density at radius 1 is 1.47 bits per heavy atom. The maximum Gasteiger partial charge on any atom is 0.294 e. The highest BCUT2D eigenvalue weighted by molar-refractivity contribution is 7.85. The lowest BCUT2D eigenvalue weighted by Crippen LogP contribution is -1.97. The Morgan fingerprint density at radius 2 is 2.20 bits per heavy atom. The Morgan fingerprint density at radius 3 is 2.80 bits per heavy atom. The van der Waals surface area contributed by atoms with Crippen molar-refractivity contribution in [1.82, 2.24) is 4.98 Å². The second kappa shape index (κ2) is 3.55. The molecule has 6 heteroatoms. The van der Waals surface area contributed by atoms with Crippen molar-refractivity contribution in [3.8, 4) is 0 Å². The SMILES string of the molecule is CCc1nc2cc(S(=O)(=O)O)ccc2s1. The van der Waals surface area contributed by atoms with Crippen LogP contribution in [0.2, 0.25) is 0 Å². The van der Waals surface area contributed by atoms with Crippen LogP contribution in [0, 0.1) is 0 Å². The van der Waals surface area contributed by atoms with Gasteiger partial charge in [0.2, 0.25) is 0 Å². The third-order valence-corrected chi connectivity index (χ3v) is 4.03. The van der Waals surface area contributed by atoms with E-state index in [0.717, 1.165) is 16.1 Å². The zero-order valence-electron chi connectivity index (χ0n) is 7.97. The minimum Gasteiger partial charge on any atom is -0.282 e. The zero-order valence-corrected chi connectivity index (χ0v) is 9.60. The minimum atomic E-state index is -4.13. The third-order valence-electron chi connectivity index (χ3n) is 2.00. The summed E-state index contributed by atoms with van der Waals surface area (Å²) in [4.78, 5) is 4.14. The van der Waals surface area contributed by atoms with E-state index in [1.165, 1.54) is 23.5 Å². The second-order valence-electron chi connectivity index (χ2n) is 3.07. The monoisotopic (exact) mass is 243 g/mol. The molecule has 1 heterocycles. The average Bonchev–Trinajstić information content (AvgIpc) is 2.57. The van der Waals surface area contributed by atoms with Crippen LogP contribution in [-0.4, -0.2) is 18.0 Å². The topological polar surface area (TPSA) is 67.3 Å². The summed E-state index contributed by atoms with van der Waals surface area (Å²) >= 11 is 1.53. The van der Waals surface area contributed by atoms with Crippen molar-refractivity contribution in [2.75, 3.05) is 0 Å². The molecular weight excluding hydrogens is 234 g/mol. The molecule has 0 spiro atoms.